The Hall–Kier alpha value is -2.66. The van der Waals surface area contributed by atoms with Crippen LogP contribution in [0.25, 0.3) is 0 Å². The summed E-state index contributed by atoms with van der Waals surface area (Å²) in [6.45, 7) is 15.7. The lowest BCUT2D eigenvalue weighted by Crippen LogP contribution is -2.59. The summed E-state index contributed by atoms with van der Waals surface area (Å²) < 4.78 is 10.9. The molecule has 0 aliphatic carbocycles. The van der Waals surface area contributed by atoms with Crippen LogP contribution in [0.5, 0.6) is 0 Å². The van der Waals surface area contributed by atoms with Crippen LogP contribution in [0, 0.1) is 11.3 Å². The zero-order valence-corrected chi connectivity index (χ0v) is 20.8. The molecular formula is C23H33ClN4O4. The van der Waals surface area contributed by atoms with Gasteiger partial charge in [-0.2, -0.15) is 5.26 Å². The van der Waals surface area contributed by atoms with E-state index in [9.17, 15) is 14.9 Å². The van der Waals surface area contributed by atoms with E-state index in [1.165, 1.54) is 6.07 Å². The third-order valence-electron chi connectivity index (χ3n) is 4.68. The number of hydrogen-bond donors (Lipinski definition) is 1. The maximum Gasteiger partial charge on any atom is 0.412 e. The molecule has 32 heavy (non-hydrogen) atoms. The molecule has 1 N–H and O–H groups in total. The summed E-state index contributed by atoms with van der Waals surface area (Å²) >= 11 is 6.64. The average Bonchev–Trinajstić information content (AvgIpc) is 2.59. The van der Waals surface area contributed by atoms with Crippen LogP contribution in [0.15, 0.2) is 12.1 Å². The van der Waals surface area contributed by atoms with Crippen molar-refractivity contribution >= 4 is 35.2 Å². The smallest absolute Gasteiger partial charge is 0.412 e. The predicted octanol–water partition coefficient (Wildman–Crippen LogP) is 5.39. The lowest BCUT2D eigenvalue weighted by atomic mass is 10.1. The van der Waals surface area contributed by atoms with Crippen molar-refractivity contribution in [2.45, 2.75) is 78.7 Å². The number of carbonyl (C=O) groups is 2. The molecule has 2 rings (SSSR count). The van der Waals surface area contributed by atoms with Crippen molar-refractivity contribution in [3.63, 3.8) is 0 Å². The summed E-state index contributed by atoms with van der Waals surface area (Å²) in [6.07, 6.45) is -1.02. The average molecular weight is 465 g/mol. The van der Waals surface area contributed by atoms with E-state index >= 15 is 0 Å². The summed E-state index contributed by atoms with van der Waals surface area (Å²) in [5.74, 6) is 0. The van der Waals surface area contributed by atoms with Crippen LogP contribution in [-0.4, -0.2) is 53.5 Å². The highest BCUT2D eigenvalue weighted by atomic mass is 35.5. The number of halogens is 1. The van der Waals surface area contributed by atoms with Crippen molar-refractivity contribution in [1.29, 1.82) is 5.26 Å². The van der Waals surface area contributed by atoms with Crippen LogP contribution in [-0.2, 0) is 9.47 Å². The number of anilines is 2. The van der Waals surface area contributed by atoms with Crippen molar-refractivity contribution in [2.75, 3.05) is 23.3 Å². The third-order valence-corrected chi connectivity index (χ3v) is 5.08. The van der Waals surface area contributed by atoms with E-state index in [-0.39, 0.29) is 18.2 Å². The van der Waals surface area contributed by atoms with E-state index in [1.807, 2.05) is 39.5 Å². The second-order valence-electron chi connectivity index (χ2n) is 10.1. The van der Waals surface area contributed by atoms with E-state index < -0.39 is 17.3 Å². The van der Waals surface area contributed by atoms with Crippen molar-refractivity contribution < 1.29 is 19.1 Å². The van der Waals surface area contributed by atoms with E-state index in [2.05, 4.69) is 11.4 Å². The van der Waals surface area contributed by atoms with Gasteiger partial charge in [-0.25, -0.2) is 9.59 Å². The van der Waals surface area contributed by atoms with Gasteiger partial charge < -0.3 is 14.4 Å². The molecule has 1 saturated heterocycles. The molecule has 0 unspecified atom stereocenters. The fraction of sp³-hybridized carbons (Fsp3) is 0.609. The first kappa shape index (κ1) is 25.6. The molecule has 0 radical (unpaired) electrons. The lowest BCUT2D eigenvalue weighted by molar-refractivity contribution is 0.00564. The number of rotatable bonds is 2. The van der Waals surface area contributed by atoms with Gasteiger partial charge in [0.15, 0.2) is 0 Å². The summed E-state index contributed by atoms with van der Waals surface area (Å²) in [5, 5.41) is 12.4. The summed E-state index contributed by atoms with van der Waals surface area (Å²) in [4.78, 5) is 28.7. The number of benzene rings is 1. The van der Waals surface area contributed by atoms with E-state index in [4.69, 9.17) is 21.1 Å². The fourth-order valence-electron chi connectivity index (χ4n) is 3.60. The summed E-state index contributed by atoms with van der Waals surface area (Å²) in [5.41, 5.74) is 0.00424. The summed E-state index contributed by atoms with van der Waals surface area (Å²) in [6, 6.07) is 5.00. The van der Waals surface area contributed by atoms with Gasteiger partial charge in [0.1, 0.15) is 11.2 Å². The Bertz CT molecular complexity index is 902. The quantitative estimate of drug-likeness (QED) is 0.630. The highest BCUT2D eigenvalue weighted by molar-refractivity contribution is 6.36. The maximum atomic E-state index is 12.7. The molecule has 2 atom stereocenters. The Morgan fingerprint density at radius 2 is 1.59 bits per heavy atom. The molecule has 176 valence electrons. The molecule has 0 bridgehead atoms. The molecule has 2 amide bonds. The standard InChI is InChI=1S/C23H33ClN4O4/c1-14-12-27(13-15(2)28(14)21(30)32-23(6,7)8)18-10-16(11-25)9-17(19(18)24)26-20(29)31-22(3,4)5/h9-10,14-15H,12-13H2,1-8H3,(H,26,29)/t14-,15-/m1/s1. The molecule has 0 saturated carbocycles. The second kappa shape index (κ2) is 9.45. The van der Waals surface area contributed by atoms with Crippen LogP contribution in [0.4, 0.5) is 21.0 Å². The van der Waals surface area contributed by atoms with Gasteiger partial charge in [0.25, 0.3) is 0 Å². The number of ether oxygens (including phenoxy) is 2. The normalized spacial score (nSPS) is 19.2. The molecule has 8 nitrogen and oxygen atoms in total. The number of carbonyl (C=O) groups excluding carboxylic acids is 2. The van der Waals surface area contributed by atoms with Gasteiger partial charge in [-0.15, -0.1) is 0 Å². The Kier molecular flexibility index (Phi) is 7.56. The first-order valence-corrected chi connectivity index (χ1v) is 11.0. The minimum Gasteiger partial charge on any atom is -0.444 e. The van der Waals surface area contributed by atoms with Crippen LogP contribution < -0.4 is 10.2 Å². The van der Waals surface area contributed by atoms with Gasteiger partial charge >= 0.3 is 12.2 Å². The molecule has 0 aromatic heterocycles. The van der Waals surface area contributed by atoms with Crippen molar-refractivity contribution in [1.82, 2.24) is 4.90 Å². The number of hydrogen-bond acceptors (Lipinski definition) is 6. The number of amides is 2. The minimum atomic E-state index is -0.672. The van der Waals surface area contributed by atoms with Gasteiger partial charge in [0.2, 0.25) is 0 Å². The zero-order chi connectivity index (χ0) is 24.4. The largest absolute Gasteiger partial charge is 0.444 e. The van der Waals surface area contributed by atoms with Crippen molar-refractivity contribution in [2.24, 2.45) is 0 Å². The SMILES string of the molecule is C[C@@H]1CN(c2cc(C#N)cc(NC(=O)OC(C)(C)C)c2Cl)C[C@@H](C)N1C(=O)OC(C)(C)C. The number of nitrogens with zero attached hydrogens (tertiary/aromatic N) is 3. The Labute approximate surface area is 195 Å². The van der Waals surface area contributed by atoms with Gasteiger partial charge in [-0.05, 0) is 67.5 Å². The minimum absolute atomic E-state index is 0.155. The fourth-order valence-corrected chi connectivity index (χ4v) is 3.88. The van der Waals surface area contributed by atoms with Crippen molar-refractivity contribution in [3.05, 3.63) is 22.7 Å². The molecule has 1 fully saturated rings. The van der Waals surface area contributed by atoms with E-state index in [0.717, 1.165) is 0 Å². The summed E-state index contributed by atoms with van der Waals surface area (Å²) in [7, 11) is 0. The molecule has 1 aliphatic rings. The van der Waals surface area contributed by atoms with Gasteiger partial charge in [0, 0.05) is 13.1 Å². The number of piperazine rings is 1. The van der Waals surface area contributed by atoms with Crippen LogP contribution in [0.3, 0.4) is 0 Å². The van der Waals surface area contributed by atoms with Gasteiger partial charge in [0.05, 0.1) is 40.1 Å². The first-order valence-electron chi connectivity index (χ1n) is 10.6. The Morgan fingerprint density at radius 1 is 1.06 bits per heavy atom. The Balaban J connectivity index is 2.29. The first-order chi connectivity index (χ1) is 14.6. The van der Waals surface area contributed by atoms with Gasteiger partial charge in [-0.1, -0.05) is 11.6 Å². The van der Waals surface area contributed by atoms with Crippen LogP contribution in [0.2, 0.25) is 5.02 Å². The maximum absolute atomic E-state index is 12.7. The molecular weight excluding hydrogens is 432 g/mol. The topological polar surface area (TPSA) is 94.9 Å². The van der Waals surface area contributed by atoms with Crippen molar-refractivity contribution in [3.8, 4) is 6.07 Å². The molecule has 9 heteroatoms. The molecule has 1 aliphatic heterocycles. The van der Waals surface area contributed by atoms with E-state index in [1.54, 1.807) is 31.7 Å². The highest BCUT2D eigenvalue weighted by Crippen LogP contribution is 2.37. The molecule has 0 spiro atoms. The molecule has 1 aromatic carbocycles. The Morgan fingerprint density at radius 3 is 2.06 bits per heavy atom. The third kappa shape index (κ3) is 6.67. The monoisotopic (exact) mass is 464 g/mol. The van der Waals surface area contributed by atoms with Gasteiger partial charge in [-0.3, -0.25) is 10.2 Å². The highest BCUT2D eigenvalue weighted by Gasteiger charge is 2.36. The van der Waals surface area contributed by atoms with Crippen LogP contribution >= 0.6 is 11.6 Å². The second-order valence-corrected chi connectivity index (χ2v) is 10.5. The lowest BCUT2D eigenvalue weighted by Gasteiger charge is -2.45. The molecule has 1 aromatic rings. The zero-order valence-electron chi connectivity index (χ0n) is 20.1. The predicted molar refractivity (Wildman–Crippen MR) is 125 cm³/mol. The van der Waals surface area contributed by atoms with Crippen LogP contribution in [0.1, 0.15) is 61.0 Å². The number of nitrogens with one attached hydrogen (secondary N) is 1. The van der Waals surface area contributed by atoms with E-state index in [0.29, 0.717) is 35.1 Å². The number of nitriles is 1. The molecule has 1 heterocycles.